The highest BCUT2D eigenvalue weighted by Gasteiger charge is 2.34. The van der Waals surface area contributed by atoms with Gasteiger partial charge in [-0.1, -0.05) is 12.1 Å². The maximum absolute atomic E-state index is 13.3. The first kappa shape index (κ1) is 16.9. The zero-order valence-electron chi connectivity index (χ0n) is 15.3. The minimum Gasteiger partial charge on any atom is -0.371 e. The molecule has 28 heavy (non-hydrogen) atoms. The van der Waals surface area contributed by atoms with Gasteiger partial charge in [-0.25, -0.2) is 9.29 Å². The first-order valence-electron chi connectivity index (χ1n) is 9.60. The molecule has 0 unspecified atom stereocenters. The van der Waals surface area contributed by atoms with E-state index in [1.54, 1.807) is 6.07 Å². The number of anilines is 2. The Bertz CT molecular complexity index is 1080. The lowest BCUT2D eigenvalue weighted by Gasteiger charge is -2.32. The molecule has 2 amide bonds. The van der Waals surface area contributed by atoms with Gasteiger partial charge >= 0.3 is 0 Å². The molecule has 0 aliphatic carbocycles. The van der Waals surface area contributed by atoms with Crippen molar-refractivity contribution in [3.8, 4) is 0 Å². The van der Waals surface area contributed by atoms with Crippen molar-refractivity contribution in [1.82, 2.24) is 0 Å². The van der Waals surface area contributed by atoms with E-state index in [-0.39, 0.29) is 11.8 Å². The van der Waals surface area contributed by atoms with Crippen LogP contribution in [-0.4, -0.2) is 24.9 Å². The molecular weight excluding hydrogens is 355 g/mol. The first-order chi connectivity index (χ1) is 13.6. The average molecular weight is 374 g/mol. The molecule has 0 bridgehead atoms. The summed E-state index contributed by atoms with van der Waals surface area (Å²) in [6, 6.07) is 14.8. The molecule has 5 heteroatoms. The van der Waals surface area contributed by atoms with Crippen LogP contribution in [0.4, 0.5) is 15.8 Å². The minimum absolute atomic E-state index is 0.370. The number of hydrogen-bond acceptors (Lipinski definition) is 3. The van der Waals surface area contributed by atoms with Gasteiger partial charge in [0.15, 0.2) is 0 Å². The van der Waals surface area contributed by atoms with Crippen LogP contribution in [0.15, 0.2) is 54.6 Å². The third kappa shape index (κ3) is 2.50. The Morgan fingerprint density at radius 1 is 0.750 bits per heavy atom. The number of rotatable bonds is 2. The summed E-state index contributed by atoms with van der Waals surface area (Å²) in [5.41, 5.74) is 2.47. The Labute approximate surface area is 162 Å². The van der Waals surface area contributed by atoms with Crippen molar-refractivity contribution in [1.29, 1.82) is 0 Å². The lowest BCUT2D eigenvalue weighted by molar-refractivity contribution is 0.0893. The monoisotopic (exact) mass is 374 g/mol. The van der Waals surface area contributed by atoms with E-state index in [9.17, 15) is 14.0 Å². The number of nitrogens with zero attached hydrogens (tertiary/aromatic N) is 2. The number of piperidine rings is 1. The summed E-state index contributed by atoms with van der Waals surface area (Å²) >= 11 is 0. The van der Waals surface area contributed by atoms with Gasteiger partial charge < -0.3 is 4.90 Å². The highest BCUT2D eigenvalue weighted by molar-refractivity contribution is 6.36. The Morgan fingerprint density at radius 3 is 2.14 bits per heavy atom. The molecule has 0 atom stereocenters. The van der Waals surface area contributed by atoms with E-state index < -0.39 is 5.82 Å². The van der Waals surface area contributed by atoms with Crippen LogP contribution in [0.2, 0.25) is 0 Å². The summed E-state index contributed by atoms with van der Waals surface area (Å²) < 4.78 is 13.3. The van der Waals surface area contributed by atoms with Crippen LogP contribution in [0.25, 0.3) is 10.8 Å². The maximum atomic E-state index is 13.3. The van der Waals surface area contributed by atoms with Gasteiger partial charge in [-0.15, -0.1) is 0 Å². The second-order valence-electron chi connectivity index (χ2n) is 7.33. The van der Waals surface area contributed by atoms with Crippen LogP contribution in [0.3, 0.4) is 0 Å². The Balaban J connectivity index is 1.68. The van der Waals surface area contributed by atoms with Gasteiger partial charge in [0.05, 0.1) is 5.69 Å². The summed E-state index contributed by atoms with van der Waals surface area (Å²) in [5.74, 6) is -1.15. The number of amides is 2. The molecular formula is C23H19FN2O2. The fraction of sp³-hybridized carbons (Fsp3) is 0.217. The molecule has 3 aromatic carbocycles. The molecule has 2 aliphatic rings. The quantitative estimate of drug-likeness (QED) is 0.607. The molecule has 0 spiro atoms. The Kier molecular flexibility index (Phi) is 3.90. The summed E-state index contributed by atoms with van der Waals surface area (Å²) in [4.78, 5) is 29.8. The van der Waals surface area contributed by atoms with Gasteiger partial charge in [-0.2, -0.15) is 0 Å². The van der Waals surface area contributed by atoms with Gasteiger partial charge in [0.2, 0.25) is 0 Å². The third-order valence-corrected chi connectivity index (χ3v) is 5.67. The molecule has 1 saturated heterocycles. The zero-order chi connectivity index (χ0) is 19.3. The van der Waals surface area contributed by atoms with Gasteiger partial charge in [-0.3, -0.25) is 9.59 Å². The molecule has 4 nitrogen and oxygen atoms in total. The molecule has 0 N–H and O–H groups in total. The second kappa shape index (κ2) is 6.44. The van der Waals surface area contributed by atoms with Crippen LogP contribution in [-0.2, 0) is 0 Å². The summed E-state index contributed by atoms with van der Waals surface area (Å²) in [7, 11) is 0. The number of carbonyl (C=O) groups is 2. The van der Waals surface area contributed by atoms with E-state index in [1.165, 1.54) is 30.7 Å². The third-order valence-electron chi connectivity index (χ3n) is 5.67. The van der Waals surface area contributed by atoms with Crippen LogP contribution >= 0.6 is 0 Å². The van der Waals surface area contributed by atoms with Crippen molar-refractivity contribution < 1.29 is 14.0 Å². The number of halogens is 1. The molecule has 0 saturated carbocycles. The van der Waals surface area contributed by atoms with Crippen LogP contribution in [0.5, 0.6) is 0 Å². The number of carbonyl (C=O) groups excluding carboxylic acids is 2. The Morgan fingerprint density at radius 2 is 1.43 bits per heavy atom. The number of benzene rings is 3. The summed E-state index contributed by atoms with van der Waals surface area (Å²) in [6.45, 7) is 1.98. The fourth-order valence-electron chi connectivity index (χ4n) is 4.32. The van der Waals surface area contributed by atoms with E-state index >= 15 is 0 Å². The number of imide groups is 1. The molecule has 5 rings (SSSR count). The smallest absolute Gasteiger partial charge is 0.265 e. The lowest BCUT2D eigenvalue weighted by atomic mass is 9.92. The minimum atomic E-state index is -0.408. The molecule has 2 heterocycles. The van der Waals surface area contributed by atoms with Crippen LogP contribution in [0, 0.1) is 5.82 Å². The van der Waals surface area contributed by atoms with Crippen molar-refractivity contribution in [3.63, 3.8) is 0 Å². The SMILES string of the molecule is O=C1c2cccc3c(N4CCCCC4)ccc(c23)C(=O)N1c1ccc(F)cc1. The van der Waals surface area contributed by atoms with Crippen LogP contribution in [0.1, 0.15) is 40.0 Å². The van der Waals surface area contributed by atoms with Crippen molar-refractivity contribution in [3.05, 3.63) is 71.5 Å². The zero-order valence-corrected chi connectivity index (χ0v) is 15.3. The van der Waals surface area contributed by atoms with Gasteiger partial charge in [-0.05, 0) is 61.7 Å². The molecule has 0 aromatic heterocycles. The average Bonchev–Trinajstić information content (AvgIpc) is 2.73. The molecule has 0 radical (unpaired) electrons. The maximum Gasteiger partial charge on any atom is 0.265 e. The predicted molar refractivity (Wildman–Crippen MR) is 108 cm³/mol. The highest BCUT2D eigenvalue weighted by Crippen LogP contribution is 2.38. The standard InChI is InChI=1S/C23H19FN2O2/c24-15-7-9-16(10-8-15)26-22(27)18-6-4-5-17-20(25-13-2-1-3-14-25)12-11-19(21(17)18)23(26)28/h4-12H,1-3,13-14H2. The Hall–Kier alpha value is -3.21. The first-order valence-corrected chi connectivity index (χ1v) is 9.60. The van der Waals surface area contributed by atoms with E-state index in [4.69, 9.17) is 0 Å². The summed E-state index contributed by atoms with van der Waals surface area (Å²) in [6.07, 6.45) is 3.54. The van der Waals surface area contributed by atoms with Crippen molar-refractivity contribution >= 4 is 34.0 Å². The van der Waals surface area contributed by atoms with Crippen molar-refractivity contribution in [2.24, 2.45) is 0 Å². The lowest BCUT2D eigenvalue weighted by Crippen LogP contribution is -2.40. The van der Waals surface area contributed by atoms with E-state index in [0.29, 0.717) is 16.8 Å². The second-order valence-corrected chi connectivity index (χ2v) is 7.33. The topological polar surface area (TPSA) is 40.6 Å². The van der Waals surface area contributed by atoms with E-state index in [2.05, 4.69) is 4.90 Å². The van der Waals surface area contributed by atoms with Crippen LogP contribution < -0.4 is 9.80 Å². The van der Waals surface area contributed by atoms with Gasteiger partial charge in [0.1, 0.15) is 5.82 Å². The fourth-order valence-corrected chi connectivity index (χ4v) is 4.32. The molecule has 2 aliphatic heterocycles. The molecule has 140 valence electrons. The summed E-state index contributed by atoms with van der Waals surface area (Å²) in [5, 5.41) is 1.66. The molecule has 1 fully saturated rings. The van der Waals surface area contributed by atoms with E-state index in [1.807, 2.05) is 24.3 Å². The van der Waals surface area contributed by atoms with Gasteiger partial charge in [0, 0.05) is 40.7 Å². The number of hydrogen-bond donors (Lipinski definition) is 0. The van der Waals surface area contributed by atoms with Crippen molar-refractivity contribution in [2.75, 3.05) is 22.9 Å². The van der Waals surface area contributed by atoms with Crippen molar-refractivity contribution in [2.45, 2.75) is 19.3 Å². The van der Waals surface area contributed by atoms with E-state index in [0.717, 1.165) is 47.3 Å². The highest BCUT2D eigenvalue weighted by atomic mass is 19.1. The normalized spacial score (nSPS) is 16.8. The van der Waals surface area contributed by atoms with Gasteiger partial charge in [0.25, 0.3) is 11.8 Å². The predicted octanol–water partition coefficient (Wildman–Crippen LogP) is 4.77. The largest absolute Gasteiger partial charge is 0.371 e. The molecule has 3 aromatic rings.